The standard InChI is InChI=1S/C23H24N2S/c1-24-13-12-21-20(15-24)19-8-5-9-22(23(19)25(21)2)26-18-11-10-16-6-3-4-7-17(16)14-18/h3-11,14,20-21H,12-13,15H2,1-2H3/t20-,21+/m1/s1. The smallest absolute Gasteiger partial charge is 0.0544 e. The van der Waals surface area contributed by atoms with Crippen LogP contribution >= 0.6 is 11.8 Å². The number of likely N-dealkylation sites (N-methyl/N-ethyl adjacent to an activating group) is 2. The molecular formula is C23H24N2S. The lowest BCUT2D eigenvalue weighted by Crippen LogP contribution is -2.43. The van der Waals surface area contributed by atoms with E-state index in [9.17, 15) is 0 Å². The first-order chi connectivity index (χ1) is 12.7. The average Bonchev–Trinajstić information content (AvgIpc) is 2.94. The molecule has 0 radical (unpaired) electrons. The zero-order chi connectivity index (χ0) is 17.7. The average molecular weight is 361 g/mol. The maximum absolute atomic E-state index is 2.55. The number of benzene rings is 3. The van der Waals surface area contributed by atoms with E-state index in [-0.39, 0.29) is 0 Å². The van der Waals surface area contributed by atoms with Crippen LogP contribution in [0.5, 0.6) is 0 Å². The molecule has 1 saturated heterocycles. The fourth-order valence-electron chi connectivity index (χ4n) is 4.69. The molecule has 0 spiro atoms. The number of rotatable bonds is 2. The van der Waals surface area contributed by atoms with E-state index in [1.807, 2.05) is 11.8 Å². The molecule has 2 aliphatic rings. The van der Waals surface area contributed by atoms with Crippen LogP contribution in [0.4, 0.5) is 5.69 Å². The van der Waals surface area contributed by atoms with Gasteiger partial charge < -0.3 is 9.80 Å². The highest BCUT2D eigenvalue weighted by Crippen LogP contribution is 2.49. The van der Waals surface area contributed by atoms with Crippen LogP contribution in [0.2, 0.25) is 0 Å². The van der Waals surface area contributed by atoms with Crippen LogP contribution in [0.1, 0.15) is 17.9 Å². The topological polar surface area (TPSA) is 6.48 Å². The zero-order valence-electron chi connectivity index (χ0n) is 15.4. The molecule has 1 fully saturated rings. The van der Waals surface area contributed by atoms with E-state index in [1.165, 1.54) is 51.3 Å². The number of anilines is 1. The van der Waals surface area contributed by atoms with Crippen molar-refractivity contribution in [3.8, 4) is 0 Å². The predicted molar refractivity (Wildman–Crippen MR) is 112 cm³/mol. The highest BCUT2D eigenvalue weighted by Gasteiger charge is 2.40. The third kappa shape index (κ3) is 2.62. The molecule has 0 bridgehead atoms. The number of para-hydroxylation sites is 1. The van der Waals surface area contributed by atoms with Crippen molar-refractivity contribution in [1.82, 2.24) is 4.90 Å². The van der Waals surface area contributed by atoms with Crippen molar-refractivity contribution in [2.75, 3.05) is 32.1 Å². The van der Waals surface area contributed by atoms with Gasteiger partial charge in [0.1, 0.15) is 0 Å². The third-order valence-corrected chi connectivity index (χ3v) is 7.05. The highest BCUT2D eigenvalue weighted by molar-refractivity contribution is 7.99. The summed E-state index contributed by atoms with van der Waals surface area (Å²) >= 11 is 1.90. The summed E-state index contributed by atoms with van der Waals surface area (Å²) in [6.45, 7) is 2.37. The van der Waals surface area contributed by atoms with E-state index < -0.39 is 0 Å². The second kappa shape index (κ2) is 6.33. The minimum Gasteiger partial charge on any atom is -0.370 e. The summed E-state index contributed by atoms with van der Waals surface area (Å²) in [7, 11) is 4.54. The minimum atomic E-state index is 0.644. The molecule has 0 unspecified atom stereocenters. The van der Waals surface area contributed by atoms with E-state index in [0.717, 1.165) is 0 Å². The van der Waals surface area contributed by atoms with E-state index in [4.69, 9.17) is 0 Å². The van der Waals surface area contributed by atoms with Crippen LogP contribution in [0.25, 0.3) is 10.8 Å². The Morgan fingerprint density at radius 2 is 1.77 bits per heavy atom. The summed E-state index contributed by atoms with van der Waals surface area (Å²) in [5, 5.41) is 2.62. The van der Waals surface area contributed by atoms with Gasteiger partial charge in [-0.3, -0.25) is 0 Å². The largest absolute Gasteiger partial charge is 0.370 e. The third-order valence-electron chi connectivity index (χ3n) is 6.01. The molecule has 2 aliphatic heterocycles. The van der Waals surface area contributed by atoms with Crippen LogP contribution in [-0.2, 0) is 0 Å². The molecule has 0 aromatic heterocycles. The lowest BCUT2D eigenvalue weighted by Gasteiger charge is -2.35. The first kappa shape index (κ1) is 16.2. The molecule has 3 aromatic carbocycles. The van der Waals surface area contributed by atoms with Crippen molar-refractivity contribution < 1.29 is 0 Å². The van der Waals surface area contributed by atoms with Gasteiger partial charge in [-0.2, -0.15) is 0 Å². The fraction of sp³-hybridized carbons (Fsp3) is 0.304. The maximum atomic E-state index is 2.55. The molecule has 26 heavy (non-hydrogen) atoms. The fourth-order valence-corrected chi connectivity index (χ4v) is 5.77. The monoisotopic (exact) mass is 360 g/mol. The van der Waals surface area contributed by atoms with E-state index in [0.29, 0.717) is 12.0 Å². The number of fused-ring (bicyclic) bond motifs is 4. The van der Waals surface area contributed by atoms with Crippen molar-refractivity contribution in [2.24, 2.45) is 0 Å². The van der Waals surface area contributed by atoms with Gasteiger partial charge in [0.25, 0.3) is 0 Å². The summed E-state index contributed by atoms with van der Waals surface area (Å²) in [6, 6.07) is 22.9. The minimum absolute atomic E-state index is 0.644. The first-order valence-corrected chi connectivity index (χ1v) is 10.2. The second-order valence-corrected chi connectivity index (χ2v) is 8.76. The quantitative estimate of drug-likeness (QED) is 0.618. The second-order valence-electron chi connectivity index (χ2n) is 7.64. The van der Waals surface area contributed by atoms with Gasteiger partial charge in [-0.15, -0.1) is 0 Å². The SMILES string of the molecule is CN1CC[C@H]2[C@H](C1)c1cccc(Sc3ccc4ccccc4c3)c1N2C. The van der Waals surface area contributed by atoms with E-state index in [2.05, 4.69) is 84.6 Å². The van der Waals surface area contributed by atoms with Gasteiger partial charge in [0, 0.05) is 35.3 Å². The molecule has 0 saturated carbocycles. The predicted octanol–water partition coefficient (Wildman–Crippen LogP) is 5.23. The molecule has 2 atom stereocenters. The van der Waals surface area contributed by atoms with Crippen molar-refractivity contribution in [3.05, 3.63) is 66.2 Å². The summed E-state index contributed by atoms with van der Waals surface area (Å²) in [5.74, 6) is 0.644. The molecule has 5 rings (SSSR count). The Labute approximate surface area is 159 Å². The van der Waals surface area contributed by atoms with Gasteiger partial charge in [0.15, 0.2) is 0 Å². The van der Waals surface area contributed by atoms with Gasteiger partial charge >= 0.3 is 0 Å². The Bertz CT molecular complexity index is 967. The van der Waals surface area contributed by atoms with Gasteiger partial charge in [0.05, 0.1) is 5.69 Å². The van der Waals surface area contributed by atoms with E-state index >= 15 is 0 Å². The molecule has 0 aliphatic carbocycles. The molecule has 0 amide bonds. The number of hydrogen-bond acceptors (Lipinski definition) is 3. The summed E-state index contributed by atoms with van der Waals surface area (Å²) < 4.78 is 0. The van der Waals surface area contributed by atoms with Crippen molar-refractivity contribution in [1.29, 1.82) is 0 Å². The number of piperidine rings is 1. The number of likely N-dealkylation sites (tertiary alicyclic amines) is 1. The van der Waals surface area contributed by atoms with Crippen LogP contribution in [0.15, 0.2) is 70.5 Å². The summed E-state index contributed by atoms with van der Waals surface area (Å²) in [4.78, 5) is 7.73. The van der Waals surface area contributed by atoms with Crippen molar-refractivity contribution in [3.63, 3.8) is 0 Å². The Kier molecular flexibility index (Phi) is 3.95. The van der Waals surface area contributed by atoms with Crippen LogP contribution in [-0.4, -0.2) is 38.1 Å². The van der Waals surface area contributed by atoms with Gasteiger partial charge in [-0.1, -0.05) is 54.2 Å². The zero-order valence-corrected chi connectivity index (χ0v) is 16.2. The highest BCUT2D eigenvalue weighted by atomic mass is 32.2. The summed E-state index contributed by atoms with van der Waals surface area (Å²) in [6.07, 6.45) is 1.26. The van der Waals surface area contributed by atoms with Crippen LogP contribution < -0.4 is 4.90 Å². The van der Waals surface area contributed by atoms with Crippen LogP contribution in [0.3, 0.4) is 0 Å². The van der Waals surface area contributed by atoms with Gasteiger partial charge in [-0.05, 0) is 54.5 Å². The Morgan fingerprint density at radius 1 is 0.923 bits per heavy atom. The summed E-state index contributed by atoms with van der Waals surface area (Å²) in [5.41, 5.74) is 2.99. The number of nitrogens with zero attached hydrogens (tertiary/aromatic N) is 2. The molecule has 3 aromatic rings. The Morgan fingerprint density at radius 3 is 2.65 bits per heavy atom. The lowest BCUT2D eigenvalue weighted by molar-refractivity contribution is 0.234. The van der Waals surface area contributed by atoms with Crippen molar-refractivity contribution in [2.45, 2.75) is 28.2 Å². The van der Waals surface area contributed by atoms with Gasteiger partial charge in [-0.25, -0.2) is 0 Å². The molecular weight excluding hydrogens is 336 g/mol. The molecule has 3 heteroatoms. The molecule has 0 N–H and O–H groups in total. The lowest BCUT2D eigenvalue weighted by atomic mass is 9.89. The number of hydrogen-bond donors (Lipinski definition) is 0. The Hall–Kier alpha value is -1.97. The first-order valence-electron chi connectivity index (χ1n) is 9.41. The maximum Gasteiger partial charge on any atom is 0.0544 e. The molecule has 2 heterocycles. The normalized spacial score (nSPS) is 22.5. The molecule has 132 valence electrons. The molecule has 2 nitrogen and oxygen atoms in total. The van der Waals surface area contributed by atoms with E-state index in [1.54, 1.807) is 0 Å². The Balaban J connectivity index is 1.53. The van der Waals surface area contributed by atoms with Crippen molar-refractivity contribution >= 4 is 28.2 Å². The van der Waals surface area contributed by atoms with Gasteiger partial charge in [0.2, 0.25) is 0 Å². The van der Waals surface area contributed by atoms with Crippen LogP contribution in [0, 0.1) is 0 Å².